The second-order valence-corrected chi connectivity index (χ2v) is 5.96. The number of hydrogen-bond acceptors (Lipinski definition) is 4. The molecule has 0 saturated heterocycles. The van der Waals surface area contributed by atoms with Crippen LogP contribution in [0.2, 0.25) is 5.02 Å². The minimum absolute atomic E-state index is 0.0445. The van der Waals surface area contributed by atoms with E-state index in [1.54, 1.807) is 32.2 Å². The van der Waals surface area contributed by atoms with Gasteiger partial charge in [-0.3, -0.25) is 9.78 Å². The second kappa shape index (κ2) is 3.79. The van der Waals surface area contributed by atoms with Crippen LogP contribution >= 0.6 is 23.4 Å². The number of halogens is 1. The van der Waals surface area contributed by atoms with E-state index in [0.717, 1.165) is 11.8 Å². The minimum Gasteiger partial charge on any atom is -0.510 e. The molecule has 2 heterocycles. The fourth-order valence-electron chi connectivity index (χ4n) is 1.51. The van der Waals surface area contributed by atoms with E-state index in [0.29, 0.717) is 10.7 Å². The maximum absolute atomic E-state index is 11.8. The summed E-state index contributed by atoms with van der Waals surface area (Å²) in [5.41, 5.74) is 0.574. The highest BCUT2D eigenvalue weighted by molar-refractivity contribution is 8.16. The molecule has 0 spiro atoms. The summed E-state index contributed by atoms with van der Waals surface area (Å²) in [4.78, 5) is 15.8. The van der Waals surface area contributed by atoms with Crippen molar-refractivity contribution in [1.82, 2.24) is 4.98 Å². The van der Waals surface area contributed by atoms with Crippen LogP contribution in [0.25, 0.3) is 5.57 Å². The molecule has 0 unspecified atom stereocenters. The Morgan fingerprint density at radius 2 is 2.19 bits per heavy atom. The van der Waals surface area contributed by atoms with Gasteiger partial charge in [0.1, 0.15) is 5.76 Å². The number of aliphatic hydroxyl groups excluding tert-OH is 1. The maximum Gasteiger partial charge on any atom is 0.226 e. The van der Waals surface area contributed by atoms with Crippen LogP contribution < -0.4 is 0 Å². The largest absolute Gasteiger partial charge is 0.510 e. The topological polar surface area (TPSA) is 50.2 Å². The Hall–Kier alpha value is -1.00. The van der Waals surface area contributed by atoms with Crippen LogP contribution in [-0.2, 0) is 4.79 Å². The van der Waals surface area contributed by atoms with Crippen LogP contribution in [0.1, 0.15) is 19.5 Å². The van der Waals surface area contributed by atoms with Gasteiger partial charge in [-0.25, -0.2) is 0 Å². The monoisotopic (exact) mass is 255 g/mol. The van der Waals surface area contributed by atoms with Gasteiger partial charge < -0.3 is 5.11 Å². The zero-order valence-corrected chi connectivity index (χ0v) is 10.4. The number of rotatable bonds is 1. The molecule has 0 fully saturated rings. The number of hydrogen-bond donors (Lipinski definition) is 1. The van der Waals surface area contributed by atoms with Crippen molar-refractivity contribution in [3.63, 3.8) is 0 Å². The Kier molecular flexibility index (Phi) is 2.72. The van der Waals surface area contributed by atoms with Crippen molar-refractivity contribution in [2.75, 3.05) is 0 Å². The molecule has 1 aliphatic heterocycles. The lowest BCUT2D eigenvalue weighted by atomic mass is 10.0. The van der Waals surface area contributed by atoms with Crippen LogP contribution in [0.3, 0.4) is 0 Å². The summed E-state index contributed by atoms with van der Waals surface area (Å²) in [6, 6.07) is 3.33. The quantitative estimate of drug-likeness (QED) is 0.838. The molecule has 0 amide bonds. The lowest BCUT2D eigenvalue weighted by Crippen LogP contribution is -2.14. The second-order valence-electron chi connectivity index (χ2n) is 3.96. The zero-order valence-electron chi connectivity index (χ0n) is 8.82. The van der Waals surface area contributed by atoms with Gasteiger partial charge in [-0.15, -0.1) is 0 Å². The molecule has 84 valence electrons. The number of pyridine rings is 1. The summed E-state index contributed by atoms with van der Waals surface area (Å²) in [7, 11) is 0. The summed E-state index contributed by atoms with van der Waals surface area (Å²) in [5.74, 6) is 0.0445. The van der Waals surface area contributed by atoms with E-state index in [-0.39, 0.29) is 16.4 Å². The Labute approximate surface area is 103 Å². The van der Waals surface area contributed by atoms with E-state index in [2.05, 4.69) is 4.98 Å². The fourth-order valence-corrected chi connectivity index (χ4v) is 2.68. The normalized spacial score (nSPS) is 19.3. The molecule has 1 aromatic heterocycles. The molecule has 0 bridgehead atoms. The molecule has 16 heavy (non-hydrogen) atoms. The lowest BCUT2D eigenvalue weighted by Gasteiger charge is -2.14. The number of thioether (sulfide) groups is 1. The summed E-state index contributed by atoms with van der Waals surface area (Å²) in [5, 5.41) is 10.2. The Morgan fingerprint density at radius 1 is 1.50 bits per heavy atom. The van der Waals surface area contributed by atoms with Crippen LogP contribution in [0.4, 0.5) is 0 Å². The Bertz CT molecular complexity index is 497. The molecule has 0 aliphatic carbocycles. The van der Waals surface area contributed by atoms with Crippen molar-refractivity contribution < 1.29 is 9.90 Å². The molecule has 5 heteroatoms. The van der Waals surface area contributed by atoms with Gasteiger partial charge in [0, 0.05) is 6.20 Å². The standard InChI is InChI=1S/C11H10ClNO2S/c1-11(2)9(14)7(10(15)16-11)8-6(12)4-3-5-13-8/h3-5,14H,1-2H3. The Morgan fingerprint density at radius 3 is 2.69 bits per heavy atom. The van der Waals surface area contributed by atoms with Gasteiger partial charge in [0.2, 0.25) is 5.12 Å². The molecular weight excluding hydrogens is 246 g/mol. The van der Waals surface area contributed by atoms with Gasteiger partial charge in [0.05, 0.1) is 21.0 Å². The highest BCUT2D eigenvalue weighted by Gasteiger charge is 2.41. The summed E-state index contributed by atoms with van der Waals surface area (Å²) in [6.45, 7) is 3.57. The molecule has 0 radical (unpaired) electrons. The first kappa shape index (κ1) is 11.5. The number of carbonyl (C=O) groups is 1. The van der Waals surface area contributed by atoms with Crippen LogP contribution in [-0.4, -0.2) is 20.0 Å². The first-order chi connectivity index (χ1) is 7.43. The smallest absolute Gasteiger partial charge is 0.226 e. The number of carbonyl (C=O) groups excluding carboxylic acids is 1. The highest BCUT2D eigenvalue weighted by Crippen LogP contribution is 2.46. The highest BCUT2D eigenvalue weighted by atomic mass is 35.5. The molecule has 0 aromatic carbocycles. The zero-order chi connectivity index (χ0) is 11.9. The van der Waals surface area contributed by atoms with Gasteiger partial charge in [-0.2, -0.15) is 0 Å². The minimum atomic E-state index is -0.604. The molecule has 1 aliphatic rings. The van der Waals surface area contributed by atoms with E-state index < -0.39 is 4.75 Å². The van der Waals surface area contributed by atoms with Crippen molar-refractivity contribution in [2.24, 2.45) is 0 Å². The third kappa shape index (κ3) is 1.72. The predicted octanol–water partition coefficient (Wildman–Crippen LogP) is 3.06. The Balaban J connectivity index is 2.61. The molecule has 1 aromatic rings. The summed E-state index contributed by atoms with van der Waals surface area (Å²) >= 11 is 7.04. The van der Waals surface area contributed by atoms with Crippen molar-refractivity contribution in [3.05, 3.63) is 34.8 Å². The van der Waals surface area contributed by atoms with Crippen molar-refractivity contribution in [1.29, 1.82) is 0 Å². The molecular formula is C11H10ClNO2S. The van der Waals surface area contributed by atoms with Gasteiger partial charge in [-0.1, -0.05) is 23.4 Å². The average molecular weight is 256 g/mol. The SMILES string of the molecule is CC1(C)SC(=O)C(c2ncccc2Cl)=C1O. The van der Waals surface area contributed by atoms with Gasteiger partial charge in [0.15, 0.2) is 0 Å². The van der Waals surface area contributed by atoms with Gasteiger partial charge in [-0.05, 0) is 26.0 Å². The van der Waals surface area contributed by atoms with Crippen LogP contribution in [0, 0.1) is 0 Å². The van der Waals surface area contributed by atoms with E-state index in [1.165, 1.54) is 0 Å². The van der Waals surface area contributed by atoms with Crippen molar-refractivity contribution >= 4 is 34.1 Å². The molecule has 2 rings (SSSR count). The van der Waals surface area contributed by atoms with Crippen LogP contribution in [0.5, 0.6) is 0 Å². The molecule has 0 saturated carbocycles. The lowest BCUT2D eigenvalue weighted by molar-refractivity contribution is -0.106. The van der Waals surface area contributed by atoms with Crippen molar-refractivity contribution in [3.8, 4) is 0 Å². The fraction of sp³-hybridized carbons (Fsp3) is 0.273. The van der Waals surface area contributed by atoms with Gasteiger partial charge >= 0.3 is 0 Å². The molecule has 3 nitrogen and oxygen atoms in total. The maximum atomic E-state index is 11.8. The number of aliphatic hydroxyl groups is 1. The molecule has 0 atom stereocenters. The summed E-state index contributed by atoms with van der Waals surface area (Å²) in [6.07, 6.45) is 1.55. The third-order valence-corrected chi connectivity index (χ3v) is 3.75. The van der Waals surface area contributed by atoms with E-state index in [9.17, 15) is 9.90 Å². The first-order valence-corrected chi connectivity index (χ1v) is 5.91. The third-order valence-electron chi connectivity index (χ3n) is 2.35. The van der Waals surface area contributed by atoms with Gasteiger partial charge in [0.25, 0.3) is 0 Å². The predicted molar refractivity (Wildman–Crippen MR) is 65.5 cm³/mol. The van der Waals surface area contributed by atoms with Crippen molar-refractivity contribution in [2.45, 2.75) is 18.6 Å². The number of nitrogens with zero attached hydrogens (tertiary/aromatic N) is 1. The summed E-state index contributed by atoms with van der Waals surface area (Å²) < 4.78 is -0.604. The van der Waals surface area contributed by atoms with Crippen LogP contribution in [0.15, 0.2) is 24.1 Å². The van der Waals surface area contributed by atoms with E-state index in [4.69, 9.17) is 11.6 Å². The molecule has 1 N–H and O–H groups in total. The first-order valence-electron chi connectivity index (χ1n) is 4.71. The average Bonchev–Trinajstić information content (AvgIpc) is 2.39. The van der Waals surface area contributed by atoms with E-state index in [1.807, 2.05) is 0 Å². The van der Waals surface area contributed by atoms with E-state index >= 15 is 0 Å². The number of aromatic nitrogens is 1.